The summed E-state index contributed by atoms with van der Waals surface area (Å²) in [5.41, 5.74) is 0.380. The number of nitrogens with one attached hydrogen (secondary N) is 1. The monoisotopic (exact) mass is 365 g/mol. The minimum atomic E-state index is 0.380. The van der Waals surface area contributed by atoms with Gasteiger partial charge in [0.25, 0.3) is 0 Å². The van der Waals surface area contributed by atoms with Crippen LogP contribution >= 0.6 is 0 Å². The number of hydrogen-bond acceptors (Lipinski definition) is 4. The third-order valence-electron chi connectivity index (χ3n) is 6.46. The highest BCUT2D eigenvalue weighted by molar-refractivity contribution is 5.80. The molecule has 1 spiro atoms. The Labute approximate surface area is 159 Å². The number of hydrogen-bond donors (Lipinski definition) is 1. The average molecular weight is 366 g/mol. The van der Waals surface area contributed by atoms with Crippen molar-refractivity contribution in [2.45, 2.75) is 39.7 Å². The molecule has 150 valence electrons. The molecule has 6 nitrogen and oxygen atoms in total. The molecule has 3 aliphatic heterocycles. The zero-order valence-electron chi connectivity index (χ0n) is 17.3. The molecule has 0 aromatic rings. The van der Waals surface area contributed by atoms with Crippen molar-refractivity contribution in [3.8, 4) is 0 Å². The van der Waals surface area contributed by atoms with E-state index in [-0.39, 0.29) is 0 Å². The Balaban J connectivity index is 1.63. The summed E-state index contributed by atoms with van der Waals surface area (Å²) >= 11 is 0. The molecule has 0 aliphatic carbocycles. The Hall–Kier alpha value is -0.850. The molecule has 0 aromatic heterocycles. The maximum absolute atomic E-state index is 5.69. The second-order valence-electron chi connectivity index (χ2n) is 8.82. The Morgan fingerprint density at radius 1 is 1.15 bits per heavy atom. The zero-order chi connectivity index (χ0) is 18.6. The lowest BCUT2D eigenvalue weighted by molar-refractivity contribution is 0.0924. The Kier molecular flexibility index (Phi) is 6.81. The van der Waals surface area contributed by atoms with Crippen molar-refractivity contribution in [3.05, 3.63) is 0 Å². The summed E-state index contributed by atoms with van der Waals surface area (Å²) in [5.74, 6) is 1.73. The van der Waals surface area contributed by atoms with Crippen molar-refractivity contribution in [3.63, 3.8) is 0 Å². The van der Waals surface area contributed by atoms with Crippen LogP contribution in [-0.4, -0.2) is 99.3 Å². The van der Waals surface area contributed by atoms with E-state index in [0.717, 1.165) is 58.4 Å². The summed E-state index contributed by atoms with van der Waals surface area (Å²) in [5, 5.41) is 3.54. The first kappa shape index (κ1) is 19.9. The van der Waals surface area contributed by atoms with Gasteiger partial charge in [-0.15, -0.1) is 0 Å². The van der Waals surface area contributed by atoms with Crippen LogP contribution in [-0.2, 0) is 4.74 Å². The summed E-state index contributed by atoms with van der Waals surface area (Å²) in [6, 6.07) is 0.531. The van der Waals surface area contributed by atoms with E-state index >= 15 is 0 Å². The van der Waals surface area contributed by atoms with Crippen LogP contribution in [0.25, 0.3) is 0 Å². The Bertz CT molecular complexity index is 467. The van der Waals surface area contributed by atoms with Crippen LogP contribution < -0.4 is 5.32 Å². The lowest BCUT2D eigenvalue weighted by Gasteiger charge is -2.39. The van der Waals surface area contributed by atoms with Gasteiger partial charge in [-0.3, -0.25) is 9.89 Å². The van der Waals surface area contributed by atoms with E-state index in [0.29, 0.717) is 17.4 Å². The van der Waals surface area contributed by atoms with Crippen LogP contribution in [0.2, 0.25) is 0 Å². The summed E-state index contributed by atoms with van der Waals surface area (Å²) in [6.45, 7) is 17.4. The van der Waals surface area contributed by atoms with Crippen LogP contribution in [0.15, 0.2) is 4.99 Å². The van der Waals surface area contributed by atoms with Crippen molar-refractivity contribution in [2.75, 3.05) is 72.6 Å². The third kappa shape index (κ3) is 4.70. The molecule has 3 fully saturated rings. The van der Waals surface area contributed by atoms with Crippen LogP contribution in [0.5, 0.6) is 0 Å². The topological polar surface area (TPSA) is 43.3 Å². The van der Waals surface area contributed by atoms with Crippen molar-refractivity contribution >= 4 is 5.96 Å². The lowest BCUT2D eigenvalue weighted by Crippen LogP contribution is -2.52. The van der Waals surface area contributed by atoms with E-state index in [1.54, 1.807) is 0 Å². The van der Waals surface area contributed by atoms with Gasteiger partial charge in [0.15, 0.2) is 5.96 Å². The first-order valence-corrected chi connectivity index (χ1v) is 10.6. The summed E-state index contributed by atoms with van der Waals surface area (Å²) in [7, 11) is 2.22. The molecule has 0 radical (unpaired) electrons. The first-order valence-electron chi connectivity index (χ1n) is 10.6. The molecule has 2 atom stereocenters. The van der Waals surface area contributed by atoms with Gasteiger partial charge in [-0.25, -0.2) is 0 Å². The van der Waals surface area contributed by atoms with Crippen LogP contribution in [0.1, 0.15) is 33.6 Å². The van der Waals surface area contributed by atoms with Gasteiger partial charge in [0.1, 0.15) is 0 Å². The van der Waals surface area contributed by atoms with E-state index < -0.39 is 0 Å². The SMILES string of the molecule is CCNC(=NCC(C(C)C)N1CCN(C)CC1)N1CCC2(CCOC2)C1. The Morgan fingerprint density at radius 3 is 2.54 bits per heavy atom. The van der Waals surface area contributed by atoms with Gasteiger partial charge in [-0.2, -0.15) is 0 Å². The fraction of sp³-hybridized carbons (Fsp3) is 0.950. The molecule has 3 aliphatic rings. The average Bonchev–Trinajstić information content (AvgIpc) is 3.25. The lowest BCUT2D eigenvalue weighted by atomic mass is 9.87. The van der Waals surface area contributed by atoms with Gasteiger partial charge in [0.2, 0.25) is 0 Å². The molecular formula is C20H39N5O. The third-order valence-corrected chi connectivity index (χ3v) is 6.46. The molecule has 26 heavy (non-hydrogen) atoms. The number of rotatable bonds is 5. The summed E-state index contributed by atoms with van der Waals surface area (Å²) in [4.78, 5) is 12.6. The maximum Gasteiger partial charge on any atom is 0.193 e. The number of nitrogens with zero attached hydrogens (tertiary/aromatic N) is 4. The second kappa shape index (κ2) is 8.89. The molecule has 0 amide bonds. The molecule has 1 N–H and O–H groups in total. The quantitative estimate of drug-likeness (QED) is 0.588. The van der Waals surface area contributed by atoms with Crippen LogP contribution in [0.3, 0.4) is 0 Å². The molecular weight excluding hydrogens is 326 g/mol. The van der Waals surface area contributed by atoms with E-state index in [1.165, 1.54) is 25.9 Å². The zero-order valence-corrected chi connectivity index (χ0v) is 17.3. The van der Waals surface area contributed by atoms with Crippen LogP contribution in [0.4, 0.5) is 0 Å². The van der Waals surface area contributed by atoms with Crippen LogP contribution in [0, 0.1) is 11.3 Å². The number of piperazine rings is 1. The van der Waals surface area contributed by atoms with Gasteiger partial charge >= 0.3 is 0 Å². The minimum Gasteiger partial charge on any atom is -0.381 e. The molecule has 0 bridgehead atoms. The van der Waals surface area contributed by atoms with Gasteiger partial charge in [0, 0.05) is 63.9 Å². The molecule has 3 rings (SSSR count). The smallest absolute Gasteiger partial charge is 0.193 e. The summed E-state index contributed by atoms with van der Waals surface area (Å²) in [6.07, 6.45) is 2.45. The van der Waals surface area contributed by atoms with Crippen molar-refractivity contribution in [1.82, 2.24) is 20.0 Å². The standard InChI is InChI=1S/C20H39N5O/c1-5-21-19(25-8-6-20(15-25)7-13-26-16-20)22-14-18(17(2)3)24-11-9-23(4)10-12-24/h17-18H,5-16H2,1-4H3,(H,21,22). The largest absolute Gasteiger partial charge is 0.381 e. The molecule has 0 saturated carbocycles. The number of ether oxygens (including phenoxy) is 1. The molecule has 2 unspecified atom stereocenters. The van der Waals surface area contributed by atoms with E-state index in [2.05, 4.69) is 47.8 Å². The highest BCUT2D eigenvalue weighted by Gasteiger charge is 2.42. The number of aliphatic imine (C=N–C) groups is 1. The molecule has 6 heteroatoms. The van der Waals surface area contributed by atoms with Crippen molar-refractivity contribution < 1.29 is 4.74 Å². The first-order chi connectivity index (χ1) is 12.5. The highest BCUT2D eigenvalue weighted by atomic mass is 16.5. The van der Waals surface area contributed by atoms with Crippen molar-refractivity contribution in [2.24, 2.45) is 16.3 Å². The van der Waals surface area contributed by atoms with E-state index in [4.69, 9.17) is 9.73 Å². The molecule has 0 aromatic carbocycles. The summed E-state index contributed by atoms with van der Waals surface area (Å²) < 4.78 is 5.69. The predicted octanol–water partition coefficient (Wildman–Crippen LogP) is 1.34. The predicted molar refractivity (Wildman–Crippen MR) is 108 cm³/mol. The maximum atomic E-state index is 5.69. The molecule has 3 heterocycles. The van der Waals surface area contributed by atoms with E-state index in [9.17, 15) is 0 Å². The normalized spacial score (nSPS) is 29.9. The fourth-order valence-corrected chi connectivity index (χ4v) is 4.59. The van der Waals surface area contributed by atoms with Gasteiger partial charge in [-0.1, -0.05) is 13.8 Å². The fourth-order valence-electron chi connectivity index (χ4n) is 4.59. The number of likely N-dealkylation sites (N-methyl/N-ethyl adjacent to an activating group) is 1. The minimum absolute atomic E-state index is 0.380. The van der Waals surface area contributed by atoms with Gasteiger partial charge in [-0.05, 0) is 32.7 Å². The second-order valence-corrected chi connectivity index (χ2v) is 8.82. The Morgan fingerprint density at radius 2 is 1.92 bits per heavy atom. The highest BCUT2D eigenvalue weighted by Crippen LogP contribution is 2.38. The number of guanidine groups is 1. The van der Waals surface area contributed by atoms with E-state index in [1.807, 2.05) is 0 Å². The van der Waals surface area contributed by atoms with Gasteiger partial charge in [0.05, 0.1) is 13.2 Å². The number of likely N-dealkylation sites (tertiary alicyclic amines) is 1. The molecule has 3 saturated heterocycles. The van der Waals surface area contributed by atoms with Gasteiger partial charge < -0.3 is 19.9 Å². The van der Waals surface area contributed by atoms with Crippen molar-refractivity contribution in [1.29, 1.82) is 0 Å².